The van der Waals surface area contributed by atoms with Crippen molar-refractivity contribution in [1.82, 2.24) is 0 Å². The number of phosphoric acid groups is 2. The van der Waals surface area contributed by atoms with Crippen LogP contribution in [0.25, 0.3) is 0 Å². The third-order valence-electron chi connectivity index (χ3n) is 19.8. The van der Waals surface area contributed by atoms with E-state index in [1.807, 2.05) is 0 Å². The van der Waals surface area contributed by atoms with E-state index < -0.39 is 97.5 Å². The molecule has 3 N–H and O–H groups in total. The van der Waals surface area contributed by atoms with Gasteiger partial charge in [0.1, 0.15) is 19.3 Å². The van der Waals surface area contributed by atoms with Crippen molar-refractivity contribution in [3.8, 4) is 0 Å². The fourth-order valence-corrected chi connectivity index (χ4v) is 14.4. The lowest BCUT2D eigenvalue weighted by atomic mass is 9.99. The van der Waals surface area contributed by atoms with Gasteiger partial charge in [-0.15, -0.1) is 0 Å². The molecule has 3 unspecified atom stereocenters. The Bertz CT molecular complexity index is 1960. The highest BCUT2D eigenvalue weighted by molar-refractivity contribution is 7.47. The molecule has 6 atom stereocenters. The monoisotopic (exact) mass is 1490 g/mol. The quantitative estimate of drug-likeness (QED) is 0.0222. The van der Waals surface area contributed by atoms with Crippen molar-refractivity contribution in [3.63, 3.8) is 0 Å². The van der Waals surface area contributed by atoms with Gasteiger partial charge in [-0.05, 0) is 37.5 Å². The van der Waals surface area contributed by atoms with Crippen LogP contribution in [0.3, 0.4) is 0 Å². The van der Waals surface area contributed by atoms with E-state index in [4.69, 9.17) is 37.0 Å². The van der Waals surface area contributed by atoms with E-state index in [1.165, 1.54) is 257 Å². The van der Waals surface area contributed by atoms with E-state index in [0.29, 0.717) is 25.7 Å². The number of aliphatic hydroxyl groups excluding tert-OH is 1. The average Bonchev–Trinajstić information content (AvgIpc) is 0.914. The Hall–Kier alpha value is -1.94. The third kappa shape index (κ3) is 74.9. The normalized spacial score (nSPS) is 14.1. The zero-order valence-electron chi connectivity index (χ0n) is 66.9. The van der Waals surface area contributed by atoms with Crippen LogP contribution in [-0.4, -0.2) is 96.7 Å². The number of carbonyl (C=O) groups is 4. The van der Waals surface area contributed by atoms with Crippen LogP contribution in [0.1, 0.15) is 440 Å². The molecule has 0 aliphatic carbocycles. The lowest BCUT2D eigenvalue weighted by Gasteiger charge is -2.21. The van der Waals surface area contributed by atoms with Crippen molar-refractivity contribution in [1.29, 1.82) is 0 Å². The maximum atomic E-state index is 13.1. The summed E-state index contributed by atoms with van der Waals surface area (Å²) in [5.74, 6) is -0.468. The van der Waals surface area contributed by atoms with E-state index >= 15 is 0 Å². The second-order valence-corrected chi connectivity index (χ2v) is 33.5. The first-order valence-corrected chi connectivity index (χ1v) is 46.0. The molecule has 0 saturated heterocycles. The molecule has 0 heterocycles. The van der Waals surface area contributed by atoms with Crippen molar-refractivity contribution >= 4 is 39.5 Å². The number of hydrogen-bond donors (Lipinski definition) is 3. The van der Waals surface area contributed by atoms with Crippen LogP contribution in [-0.2, 0) is 65.4 Å². The fourth-order valence-electron chi connectivity index (χ4n) is 12.9. The minimum absolute atomic E-state index is 0.107. The Morgan fingerprint density at radius 2 is 0.500 bits per heavy atom. The highest BCUT2D eigenvalue weighted by atomic mass is 31.2. The molecule has 102 heavy (non-hydrogen) atoms. The summed E-state index contributed by atoms with van der Waals surface area (Å²) in [6.07, 6.45) is 65.1. The first-order valence-electron chi connectivity index (χ1n) is 43.0. The van der Waals surface area contributed by atoms with E-state index in [0.717, 1.165) is 102 Å². The van der Waals surface area contributed by atoms with Crippen LogP contribution in [0, 0.1) is 11.8 Å². The van der Waals surface area contributed by atoms with Gasteiger partial charge in [0.25, 0.3) is 0 Å². The molecule has 0 radical (unpaired) electrons. The molecule has 0 aromatic heterocycles. The van der Waals surface area contributed by atoms with Crippen LogP contribution in [0.5, 0.6) is 0 Å². The lowest BCUT2D eigenvalue weighted by molar-refractivity contribution is -0.161. The Labute approximate surface area is 626 Å². The predicted molar refractivity (Wildman–Crippen MR) is 418 cm³/mol. The summed E-state index contributed by atoms with van der Waals surface area (Å²) in [6.45, 7) is 9.72. The predicted octanol–water partition coefficient (Wildman–Crippen LogP) is 25.1. The maximum Gasteiger partial charge on any atom is 0.472 e. The molecular weight excluding hydrogens is 1330 g/mol. The number of ether oxygens (including phenoxy) is 4. The van der Waals surface area contributed by atoms with Gasteiger partial charge in [-0.1, -0.05) is 388 Å². The number of carbonyl (C=O) groups excluding carboxylic acids is 4. The summed E-state index contributed by atoms with van der Waals surface area (Å²) < 4.78 is 68.8. The molecule has 0 aliphatic rings. The van der Waals surface area contributed by atoms with Gasteiger partial charge in [-0.2, -0.15) is 0 Å². The number of phosphoric ester groups is 2. The summed E-state index contributed by atoms with van der Waals surface area (Å²) in [5, 5.41) is 10.7. The van der Waals surface area contributed by atoms with E-state index in [1.54, 1.807) is 0 Å². The van der Waals surface area contributed by atoms with Crippen LogP contribution in [0.2, 0.25) is 0 Å². The zero-order valence-corrected chi connectivity index (χ0v) is 68.7. The topological polar surface area (TPSA) is 237 Å². The summed E-state index contributed by atoms with van der Waals surface area (Å²) in [5.41, 5.74) is 0. The molecule has 0 rings (SSSR count). The molecule has 0 bridgehead atoms. The minimum Gasteiger partial charge on any atom is -0.462 e. The second kappa shape index (κ2) is 74.5. The molecular formula is C83H162O17P2. The summed E-state index contributed by atoms with van der Waals surface area (Å²) in [6, 6.07) is 0. The number of esters is 4. The minimum atomic E-state index is -4.96. The van der Waals surface area contributed by atoms with Crippen molar-refractivity contribution < 1.29 is 80.2 Å². The Kier molecular flexibility index (Phi) is 73.1. The van der Waals surface area contributed by atoms with Gasteiger partial charge in [-0.3, -0.25) is 37.3 Å². The van der Waals surface area contributed by atoms with Gasteiger partial charge in [0.05, 0.1) is 26.4 Å². The largest absolute Gasteiger partial charge is 0.472 e. The second-order valence-electron chi connectivity index (χ2n) is 30.6. The smallest absolute Gasteiger partial charge is 0.462 e. The van der Waals surface area contributed by atoms with E-state index in [9.17, 15) is 43.2 Å². The summed E-state index contributed by atoms with van der Waals surface area (Å²) >= 11 is 0. The average molecular weight is 1490 g/mol. The molecule has 17 nitrogen and oxygen atoms in total. The van der Waals surface area contributed by atoms with Crippen molar-refractivity contribution in [2.45, 2.75) is 458 Å². The van der Waals surface area contributed by atoms with E-state index in [2.05, 4.69) is 41.5 Å². The van der Waals surface area contributed by atoms with Crippen LogP contribution < -0.4 is 0 Å². The molecule has 0 fully saturated rings. The Balaban J connectivity index is 5.22. The van der Waals surface area contributed by atoms with E-state index in [-0.39, 0.29) is 25.7 Å². The standard InChI is InChI=1S/C83H162O17P2/c1-7-10-12-14-16-18-20-21-26-30-36-42-48-54-60-66-81(86)94-72-79(99-82(87)67-61-55-49-43-37-31-28-25-23-22-24-27-29-35-40-46-52-58-64-76(6)9-3)74-98-102(91,92)96-70-77(84)69-95-101(89,90)97-73-78(71-93-80(85)65-59-53-47-41-33-19-17-15-13-11-8-2)100-83(88)68-62-56-50-44-38-32-34-39-45-51-57-63-75(4)5/h75-79,84H,7-74H2,1-6H3,(H,89,90)(H,91,92)/t76?,77-,78+,79+/m0/s1. The van der Waals surface area contributed by atoms with Gasteiger partial charge in [0.15, 0.2) is 12.2 Å². The fraction of sp³-hybridized carbons (Fsp3) is 0.952. The van der Waals surface area contributed by atoms with Gasteiger partial charge in [0.2, 0.25) is 0 Å². The van der Waals surface area contributed by atoms with Crippen LogP contribution in [0.15, 0.2) is 0 Å². The van der Waals surface area contributed by atoms with Crippen LogP contribution in [0.4, 0.5) is 0 Å². The lowest BCUT2D eigenvalue weighted by Crippen LogP contribution is -2.30. The molecule has 0 saturated carbocycles. The number of hydrogen-bond acceptors (Lipinski definition) is 15. The highest BCUT2D eigenvalue weighted by Crippen LogP contribution is 2.45. The maximum absolute atomic E-state index is 13.1. The molecule has 0 aromatic carbocycles. The molecule has 606 valence electrons. The molecule has 0 aromatic rings. The molecule has 0 amide bonds. The first kappa shape index (κ1) is 100. The molecule has 19 heteroatoms. The molecule has 0 aliphatic heterocycles. The Morgan fingerprint density at radius 3 is 0.745 bits per heavy atom. The number of unbranched alkanes of at least 4 members (excludes halogenated alkanes) is 51. The number of rotatable bonds is 82. The molecule has 0 spiro atoms. The van der Waals surface area contributed by atoms with Crippen molar-refractivity contribution in [3.05, 3.63) is 0 Å². The summed E-state index contributed by atoms with van der Waals surface area (Å²) in [4.78, 5) is 73.1. The first-order chi connectivity index (χ1) is 49.4. The Morgan fingerprint density at radius 1 is 0.284 bits per heavy atom. The number of aliphatic hydroxyl groups is 1. The van der Waals surface area contributed by atoms with Crippen molar-refractivity contribution in [2.24, 2.45) is 11.8 Å². The van der Waals surface area contributed by atoms with Gasteiger partial charge in [0, 0.05) is 25.7 Å². The zero-order chi connectivity index (χ0) is 74.9. The van der Waals surface area contributed by atoms with Crippen LogP contribution >= 0.6 is 15.6 Å². The van der Waals surface area contributed by atoms with Crippen molar-refractivity contribution in [2.75, 3.05) is 39.6 Å². The highest BCUT2D eigenvalue weighted by Gasteiger charge is 2.30. The van der Waals surface area contributed by atoms with Gasteiger partial charge < -0.3 is 33.8 Å². The SMILES string of the molecule is CCCCCCCCCCCCCCCCCC(=O)OC[C@H](COP(=O)(O)OC[C@@H](O)COP(=O)(O)OC[C@@H](COC(=O)CCCCCCCCCCCCC)OC(=O)CCCCCCCCCCCCCC(C)C)OC(=O)CCCCCCCCCCCCCCCCCCCCC(C)CC. The van der Waals surface area contributed by atoms with Gasteiger partial charge >= 0.3 is 39.5 Å². The third-order valence-corrected chi connectivity index (χ3v) is 21.7. The van der Waals surface area contributed by atoms with Gasteiger partial charge in [-0.25, -0.2) is 9.13 Å². The summed E-state index contributed by atoms with van der Waals surface area (Å²) in [7, 11) is -9.92.